The molecule has 0 aliphatic rings. The van der Waals surface area contributed by atoms with E-state index in [0.29, 0.717) is 0 Å². The van der Waals surface area contributed by atoms with Crippen LogP contribution in [0.1, 0.15) is 12.5 Å². The number of alkyl halides is 3. The van der Waals surface area contributed by atoms with Crippen LogP contribution in [0.3, 0.4) is 0 Å². The van der Waals surface area contributed by atoms with Gasteiger partial charge in [-0.15, -0.1) is 12.4 Å². The summed E-state index contributed by atoms with van der Waals surface area (Å²) in [5, 5.41) is 0. The third kappa shape index (κ3) is 6.08. The lowest BCUT2D eigenvalue weighted by molar-refractivity contribution is -0.127. The van der Waals surface area contributed by atoms with Crippen LogP contribution in [0.2, 0.25) is 0 Å². The highest BCUT2D eigenvalue weighted by molar-refractivity contribution is 7.89. The van der Waals surface area contributed by atoms with Crippen LogP contribution in [-0.4, -0.2) is 27.2 Å². The second-order valence-corrected chi connectivity index (χ2v) is 5.91. The van der Waals surface area contributed by atoms with Gasteiger partial charge >= 0.3 is 6.18 Å². The first-order valence-electron chi connectivity index (χ1n) is 5.52. The maximum Gasteiger partial charge on any atom is 0.393 e. The molecule has 0 aliphatic carbocycles. The number of hydrogen-bond acceptors (Lipinski definition) is 3. The summed E-state index contributed by atoms with van der Waals surface area (Å²) in [5.74, 6) is 0. The van der Waals surface area contributed by atoms with Gasteiger partial charge in [0, 0.05) is 12.6 Å². The monoisotopic (exact) mass is 332 g/mol. The third-order valence-electron chi connectivity index (χ3n) is 2.35. The third-order valence-corrected chi connectivity index (χ3v) is 3.95. The zero-order valence-corrected chi connectivity index (χ0v) is 12.3. The van der Waals surface area contributed by atoms with E-state index in [1.807, 2.05) is 0 Å². The number of benzene rings is 1. The summed E-state index contributed by atoms with van der Waals surface area (Å²) in [5.41, 5.74) is 5.31. The summed E-state index contributed by atoms with van der Waals surface area (Å²) in [6.45, 7) is 1.72. The molecule has 0 fully saturated rings. The largest absolute Gasteiger partial charge is 0.393 e. The molecule has 4 nitrogen and oxygen atoms in total. The molecule has 0 bridgehead atoms. The van der Waals surface area contributed by atoms with Crippen molar-refractivity contribution in [1.29, 1.82) is 0 Å². The van der Waals surface area contributed by atoms with E-state index in [2.05, 4.69) is 4.72 Å². The van der Waals surface area contributed by atoms with Crippen LogP contribution in [0.5, 0.6) is 0 Å². The Labute approximate surface area is 122 Å². The predicted octanol–water partition coefficient (Wildman–Crippen LogP) is 1.84. The Morgan fingerprint density at radius 2 is 1.75 bits per heavy atom. The molecule has 9 heteroatoms. The molecule has 1 atom stereocenters. The van der Waals surface area contributed by atoms with Crippen molar-refractivity contribution in [2.45, 2.75) is 30.5 Å². The molecule has 0 saturated heterocycles. The minimum atomic E-state index is -4.31. The smallest absolute Gasteiger partial charge is 0.329 e. The number of nitrogens with two attached hydrogens (primary N) is 1. The maximum atomic E-state index is 12.1. The van der Waals surface area contributed by atoms with Gasteiger partial charge in [0.05, 0.1) is 11.3 Å². The lowest BCUT2D eigenvalue weighted by Gasteiger charge is -2.12. The van der Waals surface area contributed by atoms with Crippen molar-refractivity contribution in [3.8, 4) is 0 Å². The zero-order valence-electron chi connectivity index (χ0n) is 10.6. The van der Waals surface area contributed by atoms with Gasteiger partial charge in [-0.05, 0) is 24.6 Å². The Morgan fingerprint density at radius 1 is 1.25 bits per heavy atom. The standard InChI is InChI=1S/C11H15F3N2O2S.ClH/c1-8(7-15)16-19(17,18)10-4-2-9(3-5-10)6-11(12,13)14;/h2-5,8,16H,6-7,15H2,1H3;1H/t8-;/m0./s1. The SMILES string of the molecule is C[C@@H](CN)NS(=O)(=O)c1ccc(CC(F)(F)F)cc1.Cl. The quantitative estimate of drug-likeness (QED) is 0.864. The van der Waals surface area contributed by atoms with Gasteiger partial charge in [-0.3, -0.25) is 0 Å². The summed E-state index contributed by atoms with van der Waals surface area (Å²) in [4.78, 5) is -0.0845. The molecule has 1 rings (SSSR count). The van der Waals surface area contributed by atoms with Gasteiger partial charge in [0.25, 0.3) is 0 Å². The molecule has 3 N–H and O–H groups in total. The Kier molecular flexibility index (Phi) is 6.96. The molecule has 0 heterocycles. The molecule has 20 heavy (non-hydrogen) atoms. The Balaban J connectivity index is 0.00000361. The molecule has 0 saturated carbocycles. The van der Waals surface area contributed by atoms with Crippen molar-refractivity contribution in [1.82, 2.24) is 4.72 Å². The summed E-state index contributed by atoms with van der Waals surface area (Å²) in [6.07, 6.45) is -5.40. The molecule has 116 valence electrons. The van der Waals surface area contributed by atoms with Gasteiger partial charge in [0.1, 0.15) is 0 Å². The Morgan fingerprint density at radius 3 is 2.15 bits per heavy atom. The van der Waals surface area contributed by atoms with E-state index in [0.717, 1.165) is 24.3 Å². The molecule has 0 aromatic heterocycles. The molecule has 0 unspecified atom stereocenters. The molecule has 0 radical (unpaired) electrons. The van der Waals surface area contributed by atoms with E-state index < -0.39 is 28.7 Å². The second kappa shape index (κ2) is 7.26. The van der Waals surface area contributed by atoms with Crippen molar-refractivity contribution in [2.75, 3.05) is 6.54 Å². The van der Waals surface area contributed by atoms with Gasteiger partial charge in [-0.1, -0.05) is 12.1 Å². The van der Waals surface area contributed by atoms with Gasteiger partial charge in [-0.25, -0.2) is 13.1 Å². The predicted molar refractivity (Wildman–Crippen MR) is 72.3 cm³/mol. The number of rotatable bonds is 5. The first-order valence-corrected chi connectivity index (χ1v) is 7.00. The molecule has 1 aromatic rings. The van der Waals surface area contributed by atoms with Gasteiger partial charge in [0.2, 0.25) is 10.0 Å². The van der Waals surface area contributed by atoms with E-state index >= 15 is 0 Å². The van der Waals surface area contributed by atoms with Crippen molar-refractivity contribution < 1.29 is 21.6 Å². The van der Waals surface area contributed by atoms with Gasteiger partial charge < -0.3 is 5.73 Å². The Hall–Kier alpha value is -0.830. The summed E-state index contributed by atoms with van der Waals surface area (Å²) >= 11 is 0. The van der Waals surface area contributed by atoms with Crippen LogP contribution in [0.4, 0.5) is 13.2 Å². The van der Waals surface area contributed by atoms with E-state index in [4.69, 9.17) is 5.73 Å². The van der Waals surface area contributed by atoms with E-state index in [-0.39, 0.29) is 29.4 Å². The molecule has 0 amide bonds. The lowest BCUT2D eigenvalue weighted by Crippen LogP contribution is -2.37. The molecule has 1 aromatic carbocycles. The van der Waals surface area contributed by atoms with Gasteiger partial charge in [-0.2, -0.15) is 13.2 Å². The highest BCUT2D eigenvalue weighted by atomic mass is 35.5. The van der Waals surface area contributed by atoms with Crippen molar-refractivity contribution >= 4 is 22.4 Å². The van der Waals surface area contributed by atoms with Crippen LogP contribution >= 0.6 is 12.4 Å². The van der Waals surface area contributed by atoms with Gasteiger partial charge in [0.15, 0.2) is 0 Å². The van der Waals surface area contributed by atoms with Crippen molar-refractivity contribution in [3.63, 3.8) is 0 Å². The summed E-state index contributed by atoms with van der Waals surface area (Å²) in [6, 6.07) is 4.14. The molecular formula is C11H16ClF3N2O2S. The van der Waals surface area contributed by atoms with E-state index in [9.17, 15) is 21.6 Å². The maximum absolute atomic E-state index is 12.1. The van der Waals surface area contributed by atoms with E-state index in [1.54, 1.807) is 6.92 Å². The molecule has 0 aliphatic heterocycles. The number of hydrogen-bond donors (Lipinski definition) is 2. The van der Waals surface area contributed by atoms with Crippen LogP contribution in [0.25, 0.3) is 0 Å². The second-order valence-electron chi connectivity index (χ2n) is 4.19. The fourth-order valence-electron chi connectivity index (χ4n) is 1.40. The van der Waals surface area contributed by atoms with Crippen molar-refractivity contribution in [3.05, 3.63) is 29.8 Å². The van der Waals surface area contributed by atoms with E-state index in [1.165, 1.54) is 0 Å². The highest BCUT2D eigenvalue weighted by Gasteiger charge is 2.27. The molecule has 0 spiro atoms. The fraction of sp³-hybridized carbons (Fsp3) is 0.455. The fourth-order valence-corrected chi connectivity index (χ4v) is 2.66. The van der Waals surface area contributed by atoms with Crippen LogP contribution < -0.4 is 10.5 Å². The number of sulfonamides is 1. The first kappa shape index (κ1) is 19.2. The highest BCUT2D eigenvalue weighted by Crippen LogP contribution is 2.22. The minimum Gasteiger partial charge on any atom is -0.329 e. The van der Waals surface area contributed by atoms with Crippen LogP contribution in [-0.2, 0) is 16.4 Å². The van der Waals surface area contributed by atoms with Crippen LogP contribution in [0.15, 0.2) is 29.2 Å². The average Bonchev–Trinajstić information content (AvgIpc) is 2.26. The summed E-state index contributed by atoms with van der Waals surface area (Å²) in [7, 11) is -3.74. The topological polar surface area (TPSA) is 72.2 Å². The zero-order chi connectivity index (χ0) is 14.7. The number of halogens is 4. The molecular weight excluding hydrogens is 317 g/mol. The minimum absolute atomic E-state index is 0. The average molecular weight is 333 g/mol. The summed E-state index contributed by atoms with van der Waals surface area (Å²) < 4.78 is 62.4. The van der Waals surface area contributed by atoms with Crippen molar-refractivity contribution in [2.24, 2.45) is 5.73 Å². The lowest BCUT2D eigenvalue weighted by atomic mass is 10.1. The van der Waals surface area contributed by atoms with Crippen LogP contribution in [0, 0.1) is 0 Å². The first-order chi connectivity index (χ1) is 8.64. The normalized spacial score (nSPS) is 13.7. The number of nitrogens with one attached hydrogen (secondary N) is 1. The Bertz CT molecular complexity index is 517.